The zero-order valence-corrected chi connectivity index (χ0v) is 35.5. The van der Waals surface area contributed by atoms with E-state index >= 15 is 0 Å². The number of benzene rings is 3. The number of nitrogens with zero attached hydrogens (tertiary/aromatic N) is 3. The Bertz CT molecular complexity index is 2760. The smallest absolute Gasteiger partial charge is 0.259 e. The van der Waals surface area contributed by atoms with Gasteiger partial charge < -0.3 is 30.7 Å². The van der Waals surface area contributed by atoms with Gasteiger partial charge >= 0.3 is 0 Å². The van der Waals surface area contributed by atoms with Crippen LogP contribution < -0.4 is 36.3 Å². The van der Waals surface area contributed by atoms with Crippen LogP contribution in [0, 0.1) is 25.2 Å². The van der Waals surface area contributed by atoms with Crippen molar-refractivity contribution < 1.29 is 19.1 Å². The zero-order valence-electron chi connectivity index (χ0n) is 34.7. The molecular formula is C49H48ClN7O5. The second-order valence-electron chi connectivity index (χ2n) is 16.0. The molecule has 0 spiro atoms. The number of pyridine rings is 3. The first-order valence-electron chi connectivity index (χ1n) is 20.9. The minimum Gasteiger partial charge on any atom is -0.488 e. The maximum atomic E-state index is 13.4. The van der Waals surface area contributed by atoms with Gasteiger partial charge in [-0.1, -0.05) is 54.1 Å². The largest absolute Gasteiger partial charge is 0.488 e. The van der Waals surface area contributed by atoms with Crippen LogP contribution in [0.3, 0.4) is 0 Å². The Labute approximate surface area is 365 Å². The average Bonchev–Trinajstić information content (AvgIpc) is 3.90. The summed E-state index contributed by atoms with van der Waals surface area (Å²) in [7, 11) is 0. The summed E-state index contributed by atoms with van der Waals surface area (Å²) in [6.07, 6.45) is 7.70. The Hall–Kier alpha value is -6.52. The van der Waals surface area contributed by atoms with E-state index in [1.165, 1.54) is 6.20 Å². The van der Waals surface area contributed by atoms with Gasteiger partial charge in [0.05, 0.1) is 10.6 Å². The van der Waals surface area contributed by atoms with Crippen LogP contribution in [0.4, 0.5) is 0 Å². The molecule has 5 heterocycles. The van der Waals surface area contributed by atoms with Gasteiger partial charge in [0, 0.05) is 98.0 Å². The average molecular weight is 850 g/mol. The molecule has 13 heteroatoms. The molecule has 2 aliphatic heterocycles. The number of rotatable bonds is 16. The molecule has 4 N–H and O–H groups in total. The summed E-state index contributed by atoms with van der Waals surface area (Å²) in [4.78, 5) is 40.8. The summed E-state index contributed by atoms with van der Waals surface area (Å²) >= 11 is 6.87. The van der Waals surface area contributed by atoms with Gasteiger partial charge in [0.2, 0.25) is 11.8 Å². The van der Waals surface area contributed by atoms with E-state index in [9.17, 15) is 19.6 Å². The molecule has 3 aromatic heterocycles. The van der Waals surface area contributed by atoms with Crippen LogP contribution in [0.2, 0.25) is 5.02 Å². The Morgan fingerprint density at radius 3 is 2.15 bits per heavy atom. The van der Waals surface area contributed by atoms with E-state index < -0.39 is 0 Å². The van der Waals surface area contributed by atoms with Crippen molar-refractivity contribution in [1.29, 1.82) is 5.26 Å². The number of aromatic nitrogens is 2. The summed E-state index contributed by atoms with van der Waals surface area (Å²) in [5.41, 5.74) is 10.9. The standard InChI is InChI=1S/C49H48ClN7O5/c1-30-36(29-62-46-20-45(61-28-33-17-32(21-51)22-52-23-33)37(19-44(46)50)25-54-27-39-11-14-48(59)56-39)5-3-7-42(30)43-8-4-6-41(31(43)2)34-15-16-57-40(18-34)12-9-35(49(57)60)24-53-26-38-10-13-47(58)55-38/h3-9,12,15-20,22-23,38-39,53-54H,10-11,13-14,24-29H2,1-2H3,(H,55,58)(H,56,59)/t38-,39-/m0/s1. The first-order chi connectivity index (χ1) is 30.1. The van der Waals surface area contributed by atoms with Gasteiger partial charge in [0.1, 0.15) is 30.8 Å². The number of carbonyl (C=O) groups excluding carboxylic acids is 2. The van der Waals surface area contributed by atoms with E-state index in [1.54, 1.807) is 22.7 Å². The summed E-state index contributed by atoms with van der Waals surface area (Å²) in [5.74, 6) is 1.19. The molecule has 0 bridgehead atoms. The second-order valence-corrected chi connectivity index (χ2v) is 16.4. The van der Waals surface area contributed by atoms with Gasteiger partial charge in [-0.3, -0.25) is 23.8 Å². The number of halogens is 1. The number of carbonyl (C=O) groups is 2. The van der Waals surface area contributed by atoms with Crippen molar-refractivity contribution in [3.63, 3.8) is 0 Å². The van der Waals surface area contributed by atoms with Gasteiger partial charge in [-0.15, -0.1) is 0 Å². The van der Waals surface area contributed by atoms with E-state index in [4.69, 9.17) is 21.1 Å². The van der Waals surface area contributed by atoms with E-state index in [2.05, 4.69) is 76.5 Å². The molecule has 0 radical (unpaired) electrons. The maximum absolute atomic E-state index is 13.4. The number of amides is 2. The van der Waals surface area contributed by atoms with Crippen LogP contribution in [-0.4, -0.2) is 46.4 Å². The molecule has 8 rings (SSSR count). The highest BCUT2D eigenvalue weighted by atomic mass is 35.5. The minimum atomic E-state index is -0.0676. The third-order valence-electron chi connectivity index (χ3n) is 11.7. The molecule has 12 nitrogen and oxygen atoms in total. The predicted molar refractivity (Wildman–Crippen MR) is 239 cm³/mol. The molecule has 2 fully saturated rings. The number of nitrogens with one attached hydrogen (secondary N) is 4. The maximum Gasteiger partial charge on any atom is 0.259 e. The Morgan fingerprint density at radius 2 is 1.44 bits per heavy atom. The van der Waals surface area contributed by atoms with Crippen molar-refractivity contribution in [3.8, 4) is 39.8 Å². The lowest BCUT2D eigenvalue weighted by Crippen LogP contribution is -2.36. The van der Waals surface area contributed by atoms with Gasteiger partial charge in [0.15, 0.2) is 0 Å². The van der Waals surface area contributed by atoms with Crippen molar-refractivity contribution >= 4 is 28.9 Å². The lowest BCUT2D eigenvalue weighted by molar-refractivity contribution is -0.120. The van der Waals surface area contributed by atoms with Gasteiger partial charge in [0.25, 0.3) is 5.56 Å². The Kier molecular flexibility index (Phi) is 12.9. The lowest BCUT2D eigenvalue weighted by Gasteiger charge is -2.19. The molecule has 6 aromatic rings. The fourth-order valence-electron chi connectivity index (χ4n) is 8.24. The number of ether oxygens (including phenoxy) is 2. The highest BCUT2D eigenvalue weighted by molar-refractivity contribution is 6.32. The van der Waals surface area contributed by atoms with Gasteiger partial charge in [-0.2, -0.15) is 5.26 Å². The van der Waals surface area contributed by atoms with Crippen LogP contribution in [0.5, 0.6) is 11.5 Å². The number of hydrogen-bond donors (Lipinski definition) is 4. The quantitative estimate of drug-likeness (QED) is 0.0800. The molecular weight excluding hydrogens is 802 g/mol. The predicted octanol–water partition coefficient (Wildman–Crippen LogP) is 7.06. The SMILES string of the molecule is Cc1c(COc2cc(OCc3cncc(C#N)c3)c(CNC[C@@H]3CCC(=O)N3)cc2Cl)cccc1-c1cccc(-c2ccn3c(=O)c(CNC[C@@H]4CCC(=O)N4)ccc3c2)c1C. The summed E-state index contributed by atoms with van der Waals surface area (Å²) < 4.78 is 14.4. The normalized spacial score (nSPS) is 16.0. The molecule has 62 heavy (non-hydrogen) atoms. The van der Waals surface area contributed by atoms with Crippen LogP contribution in [0.15, 0.2) is 102 Å². The van der Waals surface area contributed by atoms with Crippen molar-refractivity contribution in [2.75, 3.05) is 13.1 Å². The van der Waals surface area contributed by atoms with Crippen LogP contribution >= 0.6 is 11.6 Å². The molecule has 2 atom stereocenters. The van der Waals surface area contributed by atoms with Crippen LogP contribution in [0.25, 0.3) is 27.8 Å². The molecule has 2 amide bonds. The van der Waals surface area contributed by atoms with Crippen LogP contribution in [0.1, 0.15) is 64.6 Å². The molecule has 3 aromatic carbocycles. The van der Waals surface area contributed by atoms with Crippen molar-refractivity contribution in [2.45, 2.75) is 77.9 Å². The van der Waals surface area contributed by atoms with Gasteiger partial charge in [-0.05, 0) is 96.0 Å². The number of nitriles is 1. The molecule has 0 aliphatic carbocycles. The van der Waals surface area contributed by atoms with Crippen LogP contribution in [-0.2, 0) is 35.9 Å². The van der Waals surface area contributed by atoms with E-state index in [0.29, 0.717) is 66.7 Å². The number of hydrogen-bond acceptors (Lipinski definition) is 9. The molecule has 0 saturated carbocycles. The number of fused-ring (bicyclic) bond motifs is 1. The highest BCUT2D eigenvalue weighted by Gasteiger charge is 2.22. The summed E-state index contributed by atoms with van der Waals surface area (Å²) in [6.45, 7) is 6.79. The monoisotopic (exact) mass is 849 g/mol. The fourth-order valence-corrected chi connectivity index (χ4v) is 8.48. The minimum absolute atomic E-state index is 0.0672. The van der Waals surface area contributed by atoms with E-state index in [1.807, 2.05) is 42.6 Å². The van der Waals surface area contributed by atoms with Crippen molar-refractivity contribution in [2.24, 2.45) is 0 Å². The second kappa shape index (κ2) is 19.0. The lowest BCUT2D eigenvalue weighted by atomic mass is 9.89. The van der Waals surface area contributed by atoms with Crippen molar-refractivity contribution in [1.82, 2.24) is 30.7 Å². The third-order valence-corrected chi connectivity index (χ3v) is 12.0. The van der Waals surface area contributed by atoms with Gasteiger partial charge in [-0.25, -0.2) is 0 Å². The highest BCUT2D eigenvalue weighted by Crippen LogP contribution is 2.37. The van der Waals surface area contributed by atoms with Crippen molar-refractivity contribution in [3.05, 3.63) is 152 Å². The van der Waals surface area contributed by atoms with E-state index in [0.717, 1.165) is 68.4 Å². The molecule has 2 aliphatic rings. The van der Waals surface area contributed by atoms with E-state index in [-0.39, 0.29) is 42.7 Å². The first-order valence-corrected chi connectivity index (χ1v) is 21.3. The summed E-state index contributed by atoms with van der Waals surface area (Å²) in [6, 6.07) is 28.1. The zero-order chi connectivity index (χ0) is 43.2. The third kappa shape index (κ3) is 9.66. The molecule has 316 valence electrons. The fraction of sp³-hybridized carbons (Fsp3) is 0.286. The molecule has 2 saturated heterocycles. The Morgan fingerprint density at radius 1 is 0.758 bits per heavy atom. The molecule has 0 unspecified atom stereocenters. The topological polar surface area (TPSA) is 159 Å². The summed E-state index contributed by atoms with van der Waals surface area (Å²) in [5, 5.41) is 22.5. The first kappa shape index (κ1) is 42.2. The Balaban J connectivity index is 0.985.